The number of carbonyl (C=O) groups is 2. The van der Waals surface area contributed by atoms with E-state index in [0.29, 0.717) is 12.3 Å². The Kier molecular flexibility index (Phi) is 6.05. The molecule has 3 N–H and O–H groups in total. The molecule has 0 aromatic heterocycles. The van der Waals surface area contributed by atoms with E-state index < -0.39 is 6.04 Å². The number of nitrogens with zero attached hydrogens (tertiary/aromatic N) is 1. The van der Waals surface area contributed by atoms with Gasteiger partial charge in [0.2, 0.25) is 11.8 Å². The maximum absolute atomic E-state index is 12.3. The molecule has 1 aliphatic rings. The molecule has 2 atom stereocenters. The Balaban J connectivity index is 1.59. The second kappa shape index (κ2) is 8.66. The van der Waals surface area contributed by atoms with E-state index in [4.69, 9.17) is 15.2 Å². The molecule has 0 saturated carbocycles. The van der Waals surface area contributed by atoms with Gasteiger partial charge in [-0.15, -0.1) is 0 Å². The molecule has 142 valence electrons. The lowest BCUT2D eigenvalue weighted by Crippen LogP contribution is -2.48. The first-order valence-electron chi connectivity index (χ1n) is 8.75. The van der Waals surface area contributed by atoms with Crippen LogP contribution < -0.4 is 20.7 Å². The molecule has 2 unspecified atom stereocenters. The normalized spacial score (nSPS) is 17.6. The zero-order chi connectivity index (χ0) is 19.2. The number of amides is 2. The van der Waals surface area contributed by atoms with E-state index in [1.54, 1.807) is 4.90 Å². The van der Waals surface area contributed by atoms with Crippen LogP contribution >= 0.6 is 0 Å². The van der Waals surface area contributed by atoms with Crippen LogP contribution in [0.3, 0.4) is 0 Å². The number of hydrogen-bond donors (Lipinski definition) is 2. The number of hydrogen-bond acceptors (Lipinski definition) is 5. The molecular formula is C20H23N3O4. The highest BCUT2D eigenvalue weighted by atomic mass is 16.5. The van der Waals surface area contributed by atoms with Gasteiger partial charge < -0.3 is 25.4 Å². The molecular weight excluding hydrogens is 346 g/mol. The highest BCUT2D eigenvalue weighted by Gasteiger charge is 2.32. The first-order valence-corrected chi connectivity index (χ1v) is 8.75. The van der Waals surface area contributed by atoms with Crippen LogP contribution in [-0.2, 0) is 14.3 Å². The van der Waals surface area contributed by atoms with Crippen molar-refractivity contribution in [3.8, 4) is 11.5 Å². The van der Waals surface area contributed by atoms with Crippen molar-refractivity contribution in [3.05, 3.63) is 54.6 Å². The first kappa shape index (κ1) is 18.9. The van der Waals surface area contributed by atoms with Gasteiger partial charge in [-0.05, 0) is 36.4 Å². The van der Waals surface area contributed by atoms with Crippen LogP contribution in [-0.4, -0.2) is 44.2 Å². The average Bonchev–Trinajstić information content (AvgIpc) is 3.03. The van der Waals surface area contributed by atoms with Crippen molar-refractivity contribution in [2.75, 3.05) is 25.2 Å². The SMILES string of the molecule is COCC(N)C(=O)NC1CC(=O)N(c2ccc(Oc3ccccc3)cc2)C1. The summed E-state index contributed by atoms with van der Waals surface area (Å²) in [7, 11) is 1.49. The van der Waals surface area contributed by atoms with Crippen LogP contribution in [0.25, 0.3) is 0 Å². The number of para-hydroxylation sites is 1. The second-order valence-electron chi connectivity index (χ2n) is 6.38. The predicted octanol–water partition coefficient (Wildman–Crippen LogP) is 1.67. The van der Waals surface area contributed by atoms with Crippen LogP contribution in [0.1, 0.15) is 6.42 Å². The van der Waals surface area contributed by atoms with Crippen molar-refractivity contribution in [1.82, 2.24) is 5.32 Å². The highest BCUT2D eigenvalue weighted by molar-refractivity contribution is 5.97. The Morgan fingerprint density at radius 3 is 2.52 bits per heavy atom. The number of benzene rings is 2. The summed E-state index contributed by atoms with van der Waals surface area (Å²) in [6.07, 6.45) is 0.244. The second-order valence-corrected chi connectivity index (χ2v) is 6.38. The third kappa shape index (κ3) is 4.84. The van der Waals surface area contributed by atoms with E-state index in [1.807, 2.05) is 54.6 Å². The molecule has 7 nitrogen and oxygen atoms in total. The van der Waals surface area contributed by atoms with Crippen molar-refractivity contribution in [3.63, 3.8) is 0 Å². The van der Waals surface area contributed by atoms with Crippen molar-refractivity contribution in [1.29, 1.82) is 0 Å². The molecule has 7 heteroatoms. The topological polar surface area (TPSA) is 93.9 Å². The third-order valence-corrected chi connectivity index (χ3v) is 4.28. The van der Waals surface area contributed by atoms with Crippen LogP contribution in [0.2, 0.25) is 0 Å². The van der Waals surface area contributed by atoms with Gasteiger partial charge in [0.15, 0.2) is 0 Å². The average molecular weight is 369 g/mol. The third-order valence-electron chi connectivity index (χ3n) is 4.28. The fourth-order valence-electron chi connectivity index (χ4n) is 2.94. The molecule has 3 rings (SSSR count). The summed E-state index contributed by atoms with van der Waals surface area (Å²) < 4.78 is 10.6. The largest absolute Gasteiger partial charge is 0.457 e. The Morgan fingerprint density at radius 2 is 1.85 bits per heavy atom. The number of anilines is 1. The fraction of sp³-hybridized carbons (Fsp3) is 0.300. The molecule has 1 heterocycles. The maximum Gasteiger partial charge on any atom is 0.239 e. The fourth-order valence-corrected chi connectivity index (χ4v) is 2.94. The lowest BCUT2D eigenvalue weighted by molar-refractivity contribution is -0.124. The van der Waals surface area contributed by atoms with Gasteiger partial charge in [0.05, 0.1) is 12.6 Å². The molecule has 2 amide bonds. The molecule has 0 spiro atoms. The minimum atomic E-state index is -0.742. The molecule has 27 heavy (non-hydrogen) atoms. The summed E-state index contributed by atoms with van der Waals surface area (Å²) in [4.78, 5) is 26.0. The Bertz CT molecular complexity index is 780. The monoisotopic (exact) mass is 369 g/mol. The van der Waals surface area contributed by atoms with Crippen molar-refractivity contribution >= 4 is 17.5 Å². The number of rotatable bonds is 7. The molecule has 0 aliphatic carbocycles. The highest BCUT2D eigenvalue weighted by Crippen LogP contribution is 2.26. The number of carbonyl (C=O) groups excluding carboxylic acids is 2. The van der Waals surface area contributed by atoms with Crippen molar-refractivity contribution in [2.24, 2.45) is 5.73 Å². The number of methoxy groups -OCH3 is 1. The van der Waals surface area contributed by atoms with Crippen LogP contribution in [0, 0.1) is 0 Å². The van der Waals surface area contributed by atoms with E-state index in [1.165, 1.54) is 7.11 Å². The van der Waals surface area contributed by atoms with Gasteiger partial charge >= 0.3 is 0 Å². The molecule has 0 bridgehead atoms. The Labute approximate surface area is 158 Å². The van der Waals surface area contributed by atoms with Gasteiger partial charge in [0, 0.05) is 25.8 Å². The molecule has 1 saturated heterocycles. The van der Waals surface area contributed by atoms with Crippen LogP contribution in [0.4, 0.5) is 5.69 Å². The van der Waals surface area contributed by atoms with E-state index in [0.717, 1.165) is 11.4 Å². The smallest absolute Gasteiger partial charge is 0.239 e. The number of ether oxygens (including phenoxy) is 2. The Hall–Kier alpha value is -2.90. The summed E-state index contributed by atoms with van der Waals surface area (Å²) in [5, 5.41) is 2.81. The molecule has 0 radical (unpaired) electrons. The van der Waals surface area contributed by atoms with E-state index in [9.17, 15) is 9.59 Å². The van der Waals surface area contributed by atoms with Gasteiger partial charge in [0.1, 0.15) is 17.5 Å². The lowest BCUT2D eigenvalue weighted by Gasteiger charge is -2.19. The minimum absolute atomic E-state index is 0.0441. The number of nitrogens with two attached hydrogens (primary N) is 1. The summed E-state index contributed by atoms with van der Waals surface area (Å²) in [6.45, 7) is 0.544. The molecule has 1 aliphatic heterocycles. The van der Waals surface area contributed by atoms with E-state index >= 15 is 0 Å². The zero-order valence-electron chi connectivity index (χ0n) is 15.1. The van der Waals surface area contributed by atoms with E-state index in [-0.39, 0.29) is 30.9 Å². The maximum atomic E-state index is 12.3. The van der Waals surface area contributed by atoms with E-state index in [2.05, 4.69) is 5.32 Å². The van der Waals surface area contributed by atoms with Gasteiger partial charge in [-0.3, -0.25) is 9.59 Å². The summed E-state index contributed by atoms with van der Waals surface area (Å²) >= 11 is 0. The van der Waals surface area contributed by atoms with Gasteiger partial charge in [-0.1, -0.05) is 18.2 Å². The molecule has 2 aromatic carbocycles. The summed E-state index contributed by atoms with van der Waals surface area (Å²) in [5.41, 5.74) is 6.48. The quantitative estimate of drug-likeness (QED) is 0.774. The van der Waals surface area contributed by atoms with Gasteiger partial charge in [-0.25, -0.2) is 0 Å². The zero-order valence-corrected chi connectivity index (χ0v) is 15.1. The summed E-state index contributed by atoms with van der Waals surface area (Å²) in [6, 6.07) is 15.8. The lowest BCUT2D eigenvalue weighted by atomic mass is 10.2. The van der Waals surface area contributed by atoms with Crippen LogP contribution in [0.5, 0.6) is 11.5 Å². The first-order chi connectivity index (χ1) is 13.1. The minimum Gasteiger partial charge on any atom is -0.457 e. The predicted molar refractivity (Wildman–Crippen MR) is 102 cm³/mol. The molecule has 2 aromatic rings. The van der Waals surface area contributed by atoms with Gasteiger partial charge in [0.25, 0.3) is 0 Å². The number of nitrogens with one attached hydrogen (secondary N) is 1. The van der Waals surface area contributed by atoms with Crippen molar-refractivity contribution in [2.45, 2.75) is 18.5 Å². The van der Waals surface area contributed by atoms with Crippen LogP contribution in [0.15, 0.2) is 54.6 Å². The summed E-state index contributed by atoms with van der Waals surface area (Å²) in [5.74, 6) is 1.07. The van der Waals surface area contributed by atoms with Crippen molar-refractivity contribution < 1.29 is 19.1 Å². The molecule has 1 fully saturated rings. The Morgan fingerprint density at radius 1 is 1.19 bits per heavy atom. The standard InChI is InChI=1S/C20H23N3O4/c1-26-13-18(21)20(25)22-14-11-19(24)23(12-14)15-7-9-17(10-8-15)27-16-5-3-2-4-6-16/h2-10,14,18H,11-13,21H2,1H3,(H,22,25). The van der Waals surface area contributed by atoms with Gasteiger partial charge in [-0.2, -0.15) is 0 Å².